The van der Waals surface area contributed by atoms with Gasteiger partial charge < -0.3 is 0 Å². The van der Waals surface area contributed by atoms with Crippen molar-refractivity contribution in [3.63, 3.8) is 0 Å². The van der Waals surface area contributed by atoms with E-state index in [1.807, 2.05) is 11.6 Å². The van der Waals surface area contributed by atoms with Crippen LogP contribution in [-0.4, -0.2) is 46.4 Å². The van der Waals surface area contributed by atoms with Crippen LogP contribution in [0, 0.1) is 6.92 Å². The van der Waals surface area contributed by atoms with Crippen molar-refractivity contribution in [1.82, 2.24) is 39.9 Å². The van der Waals surface area contributed by atoms with Crippen molar-refractivity contribution in [2.75, 3.05) is 6.54 Å². The van der Waals surface area contributed by atoms with Crippen LogP contribution in [0.4, 0.5) is 0 Å². The molecule has 2 aromatic heterocycles. The standard InChI is InChI=1S/C15H24N8/c1-11(21-8-9-22-14(10-21)16-12(2)18-22)15-17-19-20-23(15)13-6-4-3-5-7-13/h11,13H,3-10H2,1-2H3. The highest BCUT2D eigenvalue weighted by atomic mass is 15.6. The molecule has 2 aliphatic rings. The third-order valence-electron chi connectivity index (χ3n) is 5.16. The van der Waals surface area contributed by atoms with Crippen LogP contribution in [0.2, 0.25) is 0 Å². The van der Waals surface area contributed by atoms with Crippen molar-refractivity contribution in [1.29, 1.82) is 0 Å². The minimum atomic E-state index is 0.192. The van der Waals surface area contributed by atoms with E-state index in [4.69, 9.17) is 0 Å². The number of rotatable bonds is 3. The highest BCUT2D eigenvalue weighted by molar-refractivity contribution is 4.99. The summed E-state index contributed by atoms with van der Waals surface area (Å²) in [5, 5.41) is 17.0. The molecule has 1 fully saturated rings. The first kappa shape index (κ1) is 14.7. The van der Waals surface area contributed by atoms with Crippen molar-refractivity contribution in [3.05, 3.63) is 17.5 Å². The third kappa shape index (κ3) is 2.75. The molecule has 23 heavy (non-hydrogen) atoms. The molecule has 1 atom stereocenters. The second-order valence-electron chi connectivity index (χ2n) is 6.72. The molecule has 1 unspecified atom stereocenters. The zero-order valence-corrected chi connectivity index (χ0v) is 13.9. The number of hydrogen-bond acceptors (Lipinski definition) is 6. The monoisotopic (exact) mass is 316 g/mol. The lowest BCUT2D eigenvalue weighted by Crippen LogP contribution is -2.37. The van der Waals surface area contributed by atoms with Crippen LogP contribution >= 0.6 is 0 Å². The Labute approximate surface area is 135 Å². The van der Waals surface area contributed by atoms with Gasteiger partial charge in [0.25, 0.3) is 0 Å². The molecule has 0 amide bonds. The van der Waals surface area contributed by atoms with Crippen molar-refractivity contribution in [3.8, 4) is 0 Å². The van der Waals surface area contributed by atoms with Crippen LogP contribution in [0.5, 0.6) is 0 Å². The van der Waals surface area contributed by atoms with E-state index in [1.54, 1.807) is 0 Å². The number of nitrogens with zero attached hydrogens (tertiary/aromatic N) is 8. The van der Waals surface area contributed by atoms with E-state index < -0.39 is 0 Å². The Balaban J connectivity index is 1.53. The van der Waals surface area contributed by atoms with Crippen LogP contribution in [0.15, 0.2) is 0 Å². The summed E-state index contributed by atoms with van der Waals surface area (Å²) in [5.41, 5.74) is 0. The lowest BCUT2D eigenvalue weighted by molar-refractivity contribution is 0.144. The maximum absolute atomic E-state index is 4.53. The van der Waals surface area contributed by atoms with Crippen molar-refractivity contribution < 1.29 is 0 Å². The first-order valence-electron chi connectivity index (χ1n) is 8.64. The maximum atomic E-state index is 4.53. The molecule has 3 heterocycles. The molecule has 0 aromatic carbocycles. The van der Waals surface area contributed by atoms with Gasteiger partial charge in [0.05, 0.1) is 25.2 Å². The van der Waals surface area contributed by atoms with Gasteiger partial charge in [0.15, 0.2) is 5.82 Å². The van der Waals surface area contributed by atoms with E-state index in [0.717, 1.165) is 37.1 Å². The first-order chi connectivity index (χ1) is 11.2. The Morgan fingerprint density at radius 1 is 1.13 bits per heavy atom. The second kappa shape index (κ2) is 5.99. The van der Waals surface area contributed by atoms with Gasteiger partial charge in [0.1, 0.15) is 11.6 Å². The fraction of sp³-hybridized carbons (Fsp3) is 0.800. The van der Waals surface area contributed by atoms with Gasteiger partial charge in [-0.1, -0.05) is 19.3 Å². The van der Waals surface area contributed by atoms with Gasteiger partial charge in [0.2, 0.25) is 0 Å². The number of aryl methyl sites for hydroxylation is 1. The Kier molecular flexibility index (Phi) is 3.84. The molecule has 0 radical (unpaired) electrons. The van der Waals surface area contributed by atoms with Crippen LogP contribution in [0.1, 0.15) is 68.6 Å². The summed E-state index contributed by atoms with van der Waals surface area (Å²) in [5.74, 6) is 2.88. The molecule has 1 aliphatic heterocycles. The van der Waals surface area contributed by atoms with E-state index in [2.05, 4.69) is 42.1 Å². The molecule has 1 saturated carbocycles. The van der Waals surface area contributed by atoms with Crippen LogP contribution in [0.3, 0.4) is 0 Å². The highest BCUT2D eigenvalue weighted by Gasteiger charge is 2.29. The fourth-order valence-corrected chi connectivity index (χ4v) is 3.83. The lowest BCUT2D eigenvalue weighted by atomic mass is 9.95. The summed E-state index contributed by atoms with van der Waals surface area (Å²) in [4.78, 5) is 6.93. The lowest BCUT2D eigenvalue weighted by Gasteiger charge is -2.32. The van der Waals surface area contributed by atoms with E-state index in [9.17, 15) is 0 Å². The molecule has 124 valence electrons. The summed E-state index contributed by atoms with van der Waals surface area (Å²) in [6, 6.07) is 0.657. The van der Waals surface area contributed by atoms with Gasteiger partial charge in [-0.15, -0.1) is 5.10 Å². The van der Waals surface area contributed by atoms with E-state index >= 15 is 0 Å². The summed E-state index contributed by atoms with van der Waals surface area (Å²) >= 11 is 0. The smallest absolute Gasteiger partial charge is 0.168 e. The SMILES string of the molecule is Cc1nc2n(n1)CCN(C(C)c1nnnn1C1CCCCC1)C2. The Morgan fingerprint density at radius 2 is 1.96 bits per heavy atom. The minimum absolute atomic E-state index is 0.192. The topological polar surface area (TPSA) is 77.6 Å². The van der Waals surface area contributed by atoms with Crippen molar-refractivity contribution in [2.24, 2.45) is 0 Å². The molecule has 0 saturated heterocycles. The number of hydrogen-bond donors (Lipinski definition) is 0. The number of aromatic nitrogens is 7. The summed E-state index contributed by atoms with van der Waals surface area (Å²) in [6.07, 6.45) is 6.29. The maximum Gasteiger partial charge on any atom is 0.168 e. The van der Waals surface area contributed by atoms with Crippen LogP contribution in [0.25, 0.3) is 0 Å². The normalized spacial score (nSPS) is 21.3. The van der Waals surface area contributed by atoms with Crippen molar-refractivity contribution >= 4 is 0 Å². The molecular formula is C15H24N8. The molecule has 1 aliphatic carbocycles. The summed E-state index contributed by atoms with van der Waals surface area (Å²) < 4.78 is 4.09. The largest absolute Gasteiger partial charge is 0.284 e. The molecule has 0 N–H and O–H groups in total. The average molecular weight is 316 g/mol. The molecule has 0 spiro atoms. The van der Waals surface area contributed by atoms with Gasteiger partial charge in [-0.2, -0.15) is 5.10 Å². The highest BCUT2D eigenvalue weighted by Crippen LogP contribution is 2.31. The molecule has 0 bridgehead atoms. The summed E-state index contributed by atoms with van der Waals surface area (Å²) in [7, 11) is 0. The predicted molar refractivity (Wildman–Crippen MR) is 83.5 cm³/mol. The summed E-state index contributed by atoms with van der Waals surface area (Å²) in [6.45, 7) is 6.78. The Hall–Kier alpha value is -1.83. The second-order valence-corrected chi connectivity index (χ2v) is 6.72. The van der Waals surface area contributed by atoms with E-state index in [0.29, 0.717) is 6.04 Å². The molecule has 8 nitrogen and oxygen atoms in total. The predicted octanol–water partition coefficient (Wildman–Crippen LogP) is 1.66. The van der Waals surface area contributed by atoms with Gasteiger partial charge in [0, 0.05) is 6.54 Å². The quantitative estimate of drug-likeness (QED) is 0.857. The Bertz CT molecular complexity index is 669. The molecule has 8 heteroatoms. The van der Waals surface area contributed by atoms with E-state index in [-0.39, 0.29) is 6.04 Å². The fourth-order valence-electron chi connectivity index (χ4n) is 3.83. The van der Waals surface area contributed by atoms with E-state index in [1.165, 1.54) is 32.1 Å². The van der Waals surface area contributed by atoms with Gasteiger partial charge in [-0.05, 0) is 37.1 Å². The molecule has 2 aromatic rings. The molecule has 4 rings (SSSR count). The van der Waals surface area contributed by atoms with Crippen LogP contribution < -0.4 is 0 Å². The zero-order chi connectivity index (χ0) is 15.8. The zero-order valence-electron chi connectivity index (χ0n) is 13.9. The Morgan fingerprint density at radius 3 is 2.78 bits per heavy atom. The van der Waals surface area contributed by atoms with Gasteiger partial charge in [-0.3, -0.25) is 4.90 Å². The van der Waals surface area contributed by atoms with Gasteiger partial charge in [-0.25, -0.2) is 14.3 Å². The average Bonchev–Trinajstić information content (AvgIpc) is 3.19. The number of tetrazole rings is 1. The first-order valence-corrected chi connectivity index (χ1v) is 8.64. The van der Waals surface area contributed by atoms with Gasteiger partial charge >= 0.3 is 0 Å². The van der Waals surface area contributed by atoms with Crippen LogP contribution in [-0.2, 0) is 13.1 Å². The molecular weight excluding hydrogens is 292 g/mol. The van der Waals surface area contributed by atoms with Crippen molar-refractivity contribution in [2.45, 2.75) is 71.1 Å². The number of fused-ring (bicyclic) bond motifs is 1. The minimum Gasteiger partial charge on any atom is -0.284 e. The third-order valence-corrected chi connectivity index (χ3v) is 5.16.